The number of nitrogens with one attached hydrogen (secondary N) is 2. The molecular formula is C23H29N3O3. The van der Waals surface area contributed by atoms with Crippen LogP contribution in [0, 0.1) is 5.92 Å². The van der Waals surface area contributed by atoms with E-state index in [0.717, 1.165) is 31.6 Å². The molecule has 1 fully saturated rings. The molecule has 2 aromatic carbocycles. The van der Waals surface area contributed by atoms with Gasteiger partial charge in [-0.3, -0.25) is 9.59 Å². The summed E-state index contributed by atoms with van der Waals surface area (Å²) in [4.78, 5) is 26.6. The van der Waals surface area contributed by atoms with Crippen molar-refractivity contribution in [2.75, 3.05) is 36.9 Å². The Morgan fingerprint density at radius 2 is 1.72 bits per heavy atom. The molecule has 0 saturated carbocycles. The molecule has 2 aromatic rings. The Kier molecular flexibility index (Phi) is 7.11. The van der Waals surface area contributed by atoms with Crippen molar-refractivity contribution < 1.29 is 14.3 Å². The standard InChI is InChI=1S/C23H29N3O3/c1-17(2)16-29-21-8-4-3-7-20(21)25-22(27)15-24-19-11-9-18(10-12-19)23(28)26-13-5-6-14-26/h3-4,7-12,17,24H,5-6,13-16H2,1-2H3,(H,25,27). The summed E-state index contributed by atoms with van der Waals surface area (Å²) in [6.07, 6.45) is 2.15. The first-order valence-electron chi connectivity index (χ1n) is 10.2. The fourth-order valence-corrected chi connectivity index (χ4v) is 3.16. The summed E-state index contributed by atoms with van der Waals surface area (Å²) < 4.78 is 5.77. The Balaban J connectivity index is 1.51. The Morgan fingerprint density at radius 3 is 2.41 bits per heavy atom. The van der Waals surface area contributed by atoms with Crippen LogP contribution in [-0.2, 0) is 4.79 Å². The molecule has 6 heteroatoms. The number of carbonyl (C=O) groups is 2. The normalized spacial score (nSPS) is 13.4. The molecular weight excluding hydrogens is 366 g/mol. The number of ether oxygens (including phenoxy) is 1. The molecule has 154 valence electrons. The minimum absolute atomic E-state index is 0.0739. The lowest BCUT2D eigenvalue weighted by Gasteiger charge is -2.16. The van der Waals surface area contributed by atoms with Crippen LogP contribution < -0.4 is 15.4 Å². The number of hydrogen-bond acceptors (Lipinski definition) is 4. The van der Waals surface area contributed by atoms with E-state index in [4.69, 9.17) is 4.74 Å². The highest BCUT2D eigenvalue weighted by atomic mass is 16.5. The van der Waals surface area contributed by atoms with Gasteiger partial charge in [0.1, 0.15) is 5.75 Å². The molecule has 0 spiro atoms. The highest BCUT2D eigenvalue weighted by Crippen LogP contribution is 2.24. The van der Waals surface area contributed by atoms with Crippen molar-refractivity contribution in [1.29, 1.82) is 0 Å². The molecule has 0 aliphatic carbocycles. The average Bonchev–Trinajstić information content (AvgIpc) is 3.26. The van der Waals surface area contributed by atoms with Gasteiger partial charge in [0.05, 0.1) is 18.8 Å². The van der Waals surface area contributed by atoms with Crippen LogP contribution in [0.25, 0.3) is 0 Å². The molecule has 1 heterocycles. The van der Waals surface area contributed by atoms with E-state index in [2.05, 4.69) is 24.5 Å². The van der Waals surface area contributed by atoms with E-state index in [1.165, 1.54) is 0 Å². The van der Waals surface area contributed by atoms with Crippen molar-refractivity contribution in [2.24, 2.45) is 5.92 Å². The highest BCUT2D eigenvalue weighted by molar-refractivity contribution is 5.96. The van der Waals surface area contributed by atoms with Gasteiger partial charge >= 0.3 is 0 Å². The molecule has 0 atom stereocenters. The first-order valence-corrected chi connectivity index (χ1v) is 10.2. The molecule has 1 saturated heterocycles. The lowest BCUT2D eigenvalue weighted by Crippen LogP contribution is -2.27. The average molecular weight is 396 g/mol. The van der Waals surface area contributed by atoms with Crippen LogP contribution in [0.3, 0.4) is 0 Å². The van der Waals surface area contributed by atoms with Crippen molar-refractivity contribution in [3.05, 3.63) is 54.1 Å². The molecule has 0 aromatic heterocycles. The number of para-hydroxylation sites is 2. The van der Waals surface area contributed by atoms with Crippen LogP contribution in [0.2, 0.25) is 0 Å². The Labute approximate surface area is 172 Å². The maximum atomic E-state index is 12.4. The van der Waals surface area contributed by atoms with Gasteiger partial charge in [0, 0.05) is 24.3 Å². The van der Waals surface area contributed by atoms with E-state index in [1.54, 1.807) is 12.1 Å². The summed E-state index contributed by atoms with van der Waals surface area (Å²) in [6, 6.07) is 14.7. The zero-order valence-electron chi connectivity index (χ0n) is 17.1. The summed E-state index contributed by atoms with van der Waals surface area (Å²) >= 11 is 0. The second-order valence-electron chi connectivity index (χ2n) is 7.68. The third-order valence-electron chi connectivity index (χ3n) is 4.71. The van der Waals surface area contributed by atoms with Crippen molar-refractivity contribution in [3.63, 3.8) is 0 Å². The fraction of sp³-hybridized carbons (Fsp3) is 0.391. The second-order valence-corrected chi connectivity index (χ2v) is 7.68. The van der Waals surface area contributed by atoms with E-state index >= 15 is 0 Å². The summed E-state index contributed by atoms with van der Waals surface area (Å²) in [5.41, 5.74) is 2.13. The number of anilines is 2. The summed E-state index contributed by atoms with van der Waals surface area (Å²) in [5, 5.41) is 5.98. The van der Waals surface area contributed by atoms with Crippen molar-refractivity contribution in [1.82, 2.24) is 4.90 Å². The first kappa shape index (κ1) is 20.7. The first-order chi connectivity index (χ1) is 14.0. The number of likely N-dealkylation sites (tertiary alicyclic amines) is 1. The highest BCUT2D eigenvalue weighted by Gasteiger charge is 2.19. The minimum atomic E-state index is -0.164. The largest absolute Gasteiger partial charge is 0.491 e. The van der Waals surface area contributed by atoms with Crippen molar-refractivity contribution >= 4 is 23.2 Å². The predicted octanol–water partition coefficient (Wildman–Crippen LogP) is 4.01. The molecule has 29 heavy (non-hydrogen) atoms. The van der Waals surface area contributed by atoms with Gasteiger partial charge in [0.2, 0.25) is 5.91 Å². The quantitative estimate of drug-likeness (QED) is 0.709. The lowest BCUT2D eigenvalue weighted by molar-refractivity contribution is -0.114. The van der Waals surface area contributed by atoms with E-state index < -0.39 is 0 Å². The van der Waals surface area contributed by atoms with Gasteiger partial charge in [0.25, 0.3) is 5.91 Å². The van der Waals surface area contributed by atoms with Crippen LogP contribution in [-0.4, -0.2) is 43.0 Å². The lowest BCUT2D eigenvalue weighted by atomic mass is 10.2. The second kappa shape index (κ2) is 9.96. The molecule has 0 unspecified atom stereocenters. The van der Waals surface area contributed by atoms with Gasteiger partial charge in [0.15, 0.2) is 0 Å². The molecule has 2 N–H and O–H groups in total. The Morgan fingerprint density at radius 1 is 1.03 bits per heavy atom. The fourth-order valence-electron chi connectivity index (χ4n) is 3.16. The zero-order valence-corrected chi connectivity index (χ0v) is 17.1. The molecule has 0 radical (unpaired) electrons. The van der Waals surface area contributed by atoms with Gasteiger partial charge in [-0.25, -0.2) is 0 Å². The third kappa shape index (κ3) is 5.98. The number of hydrogen-bond donors (Lipinski definition) is 2. The van der Waals surface area contributed by atoms with Crippen LogP contribution in [0.5, 0.6) is 5.75 Å². The Hall–Kier alpha value is -3.02. The van der Waals surface area contributed by atoms with Gasteiger partial charge in [-0.05, 0) is 55.2 Å². The van der Waals surface area contributed by atoms with Crippen molar-refractivity contribution in [2.45, 2.75) is 26.7 Å². The smallest absolute Gasteiger partial charge is 0.253 e. The Bertz CT molecular complexity index is 828. The molecule has 2 amide bonds. The van der Waals surface area contributed by atoms with Crippen molar-refractivity contribution in [3.8, 4) is 5.75 Å². The van der Waals surface area contributed by atoms with Gasteiger partial charge in [-0.1, -0.05) is 26.0 Å². The number of carbonyl (C=O) groups excluding carboxylic acids is 2. The number of nitrogens with zero attached hydrogens (tertiary/aromatic N) is 1. The molecule has 1 aliphatic rings. The molecule has 1 aliphatic heterocycles. The molecule has 3 rings (SSSR count). The monoisotopic (exact) mass is 395 g/mol. The topological polar surface area (TPSA) is 70.7 Å². The van der Waals surface area contributed by atoms with Crippen LogP contribution in [0.15, 0.2) is 48.5 Å². The van der Waals surface area contributed by atoms with E-state index in [0.29, 0.717) is 29.5 Å². The summed E-state index contributed by atoms with van der Waals surface area (Å²) in [7, 11) is 0. The third-order valence-corrected chi connectivity index (χ3v) is 4.71. The SMILES string of the molecule is CC(C)COc1ccccc1NC(=O)CNc1ccc(C(=O)N2CCCC2)cc1. The summed E-state index contributed by atoms with van der Waals surface area (Å²) in [6.45, 7) is 6.54. The van der Waals surface area contributed by atoms with Gasteiger partial charge in [-0.2, -0.15) is 0 Å². The minimum Gasteiger partial charge on any atom is -0.491 e. The van der Waals surface area contributed by atoms with E-state index in [1.807, 2.05) is 41.3 Å². The number of benzene rings is 2. The van der Waals surface area contributed by atoms with E-state index in [9.17, 15) is 9.59 Å². The predicted molar refractivity (Wildman–Crippen MR) is 115 cm³/mol. The zero-order chi connectivity index (χ0) is 20.6. The van der Waals surface area contributed by atoms with Crippen LogP contribution >= 0.6 is 0 Å². The van der Waals surface area contributed by atoms with Gasteiger partial charge < -0.3 is 20.3 Å². The molecule has 6 nitrogen and oxygen atoms in total. The maximum absolute atomic E-state index is 12.4. The maximum Gasteiger partial charge on any atom is 0.253 e. The number of amides is 2. The summed E-state index contributed by atoms with van der Waals surface area (Å²) in [5.74, 6) is 0.979. The van der Waals surface area contributed by atoms with E-state index in [-0.39, 0.29) is 18.4 Å². The van der Waals surface area contributed by atoms with Crippen LogP contribution in [0.1, 0.15) is 37.0 Å². The molecule has 0 bridgehead atoms. The van der Waals surface area contributed by atoms with Gasteiger partial charge in [-0.15, -0.1) is 0 Å². The number of rotatable bonds is 8. The van der Waals surface area contributed by atoms with Crippen LogP contribution in [0.4, 0.5) is 11.4 Å².